The number of carbonyl (C=O) groups is 1. The number of rotatable bonds is 5. The number of amides is 1. The molecule has 4 rings (SSSR count). The zero-order valence-electron chi connectivity index (χ0n) is 15.7. The van der Waals surface area contributed by atoms with Crippen LogP contribution >= 0.6 is 27.3 Å². The van der Waals surface area contributed by atoms with Crippen LogP contribution in [0.15, 0.2) is 58.5 Å². The fourth-order valence-corrected chi connectivity index (χ4v) is 4.55. The summed E-state index contributed by atoms with van der Waals surface area (Å²) in [5.41, 5.74) is 6.19. The summed E-state index contributed by atoms with van der Waals surface area (Å²) in [6.45, 7) is 4.17. The van der Waals surface area contributed by atoms with Gasteiger partial charge in [-0.05, 0) is 52.5 Å². The van der Waals surface area contributed by atoms with Gasteiger partial charge in [-0.2, -0.15) is 0 Å². The molecule has 2 aromatic carbocycles. The van der Waals surface area contributed by atoms with E-state index >= 15 is 0 Å². The number of nitrogens with zero attached hydrogens (tertiary/aromatic N) is 2. The molecule has 1 amide bonds. The Balaban J connectivity index is 1.54. The molecule has 0 aliphatic rings. The van der Waals surface area contributed by atoms with Crippen molar-refractivity contribution in [2.75, 3.05) is 5.32 Å². The van der Waals surface area contributed by atoms with Crippen LogP contribution in [0, 0.1) is 6.92 Å². The minimum Gasteiger partial charge on any atom is -0.325 e. The quantitative estimate of drug-likeness (QED) is 0.410. The summed E-state index contributed by atoms with van der Waals surface area (Å²) in [6, 6.07) is 14.4. The molecule has 2 aromatic heterocycles. The maximum absolute atomic E-state index is 12.5. The molecule has 28 heavy (non-hydrogen) atoms. The van der Waals surface area contributed by atoms with Crippen molar-refractivity contribution >= 4 is 43.8 Å². The maximum Gasteiger partial charge on any atom is 0.230 e. The summed E-state index contributed by atoms with van der Waals surface area (Å²) in [5.74, 6) is -0.0493. The highest BCUT2D eigenvalue weighted by Crippen LogP contribution is 2.26. The lowest BCUT2D eigenvalue weighted by Crippen LogP contribution is -2.15. The van der Waals surface area contributed by atoms with Gasteiger partial charge in [0.25, 0.3) is 0 Å². The molecule has 4 nitrogen and oxygen atoms in total. The number of hydrogen-bond donors (Lipinski definition) is 1. The third kappa shape index (κ3) is 3.88. The van der Waals surface area contributed by atoms with E-state index in [1.807, 2.05) is 41.1 Å². The van der Waals surface area contributed by atoms with Gasteiger partial charge in [-0.15, -0.1) is 11.3 Å². The molecule has 0 saturated carbocycles. The molecule has 6 heteroatoms. The summed E-state index contributed by atoms with van der Waals surface area (Å²) in [4.78, 5) is 18.2. The number of benzene rings is 2. The smallest absolute Gasteiger partial charge is 0.230 e. The third-order valence-electron chi connectivity index (χ3n) is 4.68. The van der Waals surface area contributed by atoms with Crippen LogP contribution in [0.1, 0.15) is 23.7 Å². The summed E-state index contributed by atoms with van der Waals surface area (Å²) in [5, 5.41) is 4.97. The number of aryl methyl sites for hydroxylation is 2. The van der Waals surface area contributed by atoms with Crippen molar-refractivity contribution in [3.8, 4) is 11.3 Å². The number of halogens is 1. The lowest BCUT2D eigenvalue weighted by Gasteiger charge is -2.08. The first kappa shape index (κ1) is 18.9. The van der Waals surface area contributed by atoms with Gasteiger partial charge in [0.1, 0.15) is 0 Å². The monoisotopic (exact) mass is 453 g/mol. The molecule has 0 radical (unpaired) electrons. The molecule has 0 unspecified atom stereocenters. The molecule has 0 spiro atoms. The van der Waals surface area contributed by atoms with E-state index in [9.17, 15) is 4.79 Å². The molecule has 4 aromatic rings. The van der Waals surface area contributed by atoms with Gasteiger partial charge in [0, 0.05) is 27.3 Å². The van der Waals surface area contributed by atoms with Crippen LogP contribution in [0.25, 0.3) is 16.2 Å². The number of aromatic nitrogens is 2. The number of nitrogens with one attached hydrogen (secondary N) is 1. The van der Waals surface area contributed by atoms with Gasteiger partial charge in [0.15, 0.2) is 4.96 Å². The normalized spacial score (nSPS) is 11.1. The number of anilines is 1. The molecule has 142 valence electrons. The Labute approximate surface area is 176 Å². The first-order valence-electron chi connectivity index (χ1n) is 9.14. The van der Waals surface area contributed by atoms with Gasteiger partial charge < -0.3 is 5.32 Å². The molecular formula is C22H20BrN3OS. The Morgan fingerprint density at radius 3 is 2.71 bits per heavy atom. The van der Waals surface area contributed by atoms with Crippen molar-refractivity contribution in [1.29, 1.82) is 0 Å². The molecular weight excluding hydrogens is 434 g/mol. The molecule has 0 saturated heterocycles. The van der Waals surface area contributed by atoms with Gasteiger partial charge in [-0.25, -0.2) is 4.98 Å². The van der Waals surface area contributed by atoms with Crippen LogP contribution < -0.4 is 5.32 Å². The van der Waals surface area contributed by atoms with Crippen LogP contribution in [0.5, 0.6) is 0 Å². The minimum atomic E-state index is -0.0493. The zero-order valence-corrected chi connectivity index (χ0v) is 18.1. The Morgan fingerprint density at radius 2 is 2.00 bits per heavy atom. The van der Waals surface area contributed by atoms with E-state index in [2.05, 4.69) is 52.4 Å². The maximum atomic E-state index is 12.5. The Kier molecular flexibility index (Phi) is 5.33. The van der Waals surface area contributed by atoms with Crippen molar-refractivity contribution in [3.63, 3.8) is 0 Å². The Morgan fingerprint density at radius 1 is 1.21 bits per heavy atom. The van der Waals surface area contributed by atoms with Crippen LogP contribution in [-0.4, -0.2) is 15.3 Å². The number of thiazole rings is 1. The number of fused-ring (bicyclic) bond motifs is 1. The van der Waals surface area contributed by atoms with Crippen LogP contribution in [0.4, 0.5) is 5.69 Å². The molecule has 0 aliphatic carbocycles. The van der Waals surface area contributed by atoms with E-state index in [-0.39, 0.29) is 5.91 Å². The fourth-order valence-electron chi connectivity index (χ4n) is 3.09. The van der Waals surface area contributed by atoms with Crippen LogP contribution in [0.3, 0.4) is 0 Å². The van der Waals surface area contributed by atoms with E-state index in [0.717, 1.165) is 44.1 Å². The average Bonchev–Trinajstić information content (AvgIpc) is 3.26. The topological polar surface area (TPSA) is 46.4 Å². The minimum absolute atomic E-state index is 0.0493. The Hall–Kier alpha value is -2.44. The summed E-state index contributed by atoms with van der Waals surface area (Å²) < 4.78 is 2.90. The number of imidazole rings is 1. The van der Waals surface area contributed by atoms with E-state index in [1.54, 1.807) is 11.3 Å². The standard InChI is InChI=1S/C22H20BrN3OS/c1-3-15-5-7-16(8-6-15)20-12-26-17(13-28-22(26)25-20)11-21(27)24-19-9-4-14(2)10-18(19)23/h4-10,12-13H,3,11H2,1-2H3,(H,24,27). The van der Waals surface area contributed by atoms with Gasteiger partial charge >= 0.3 is 0 Å². The first-order valence-corrected chi connectivity index (χ1v) is 10.8. The highest BCUT2D eigenvalue weighted by Gasteiger charge is 2.13. The third-order valence-corrected chi connectivity index (χ3v) is 6.23. The van der Waals surface area contributed by atoms with Crippen LogP contribution in [0.2, 0.25) is 0 Å². The van der Waals surface area contributed by atoms with E-state index < -0.39 is 0 Å². The fraction of sp³-hybridized carbons (Fsp3) is 0.182. The lowest BCUT2D eigenvalue weighted by atomic mass is 10.1. The van der Waals surface area contributed by atoms with Crippen molar-refractivity contribution in [2.45, 2.75) is 26.7 Å². The second-order valence-corrected chi connectivity index (χ2v) is 8.46. The Bertz CT molecular complexity index is 1140. The summed E-state index contributed by atoms with van der Waals surface area (Å²) in [6.07, 6.45) is 3.33. The van der Waals surface area contributed by atoms with Crippen molar-refractivity contribution in [1.82, 2.24) is 9.38 Å². The van der Waals surface area contributed by atoms with Gasteiger partial charge in [0.2, 0.25) is 5.91 Å². The summed E-state index contributed by atoms with van der Waals surface area (Å²) >= 11 is 5.06. The van der Waals surface area contributed by atoms with Gasteiger partial charge in [-0.1, -0.05) is 37.3 Å². The van der Waals surface area contributed by atoms with E-state index in [0.29, 0.717) is 6.42 Å². The highest BCUT2D eigenvalue weighted by atomic mass is 79.9. The second kappa shape index (κ2) is 7.89. The molecule has 0 fully saturated rings. The van der Waals surface area contributed by atoms with Gasteiger partial charge in [-0.3, -0.25) is 9.20 Å². The number of carbonyl (C=O) groups excluding carboxylic acids is 1. The van der Waals surface area contributed by atoms with Crippen LogP contribution in [-0.2, 0) is 17.6 Å². The SMILES string of the molecule is CCc1ccc(-c2cn3c(CC(=O)Nc4ccc(C)cc4Br)csc3n2)cc1. The number of hydrogen-bond acceptors (Lipinski definition) is 3. The first-order chi connectivity index (χ1) is 13.5. The zero-order chi connectivity index (χ0) is 19.7. The average molecular weight is 454 g/mol. The van der Waals surface area contributed by atoms with E-state index in [4.69, 9.17) is 4.98 Å². The largest absolute Gasteiger partial charge is 0.325 e. The van der Waals surface area contributed by atoms with Crippen molar-refractivity contribution in [3.05, 3.63) is 75.3 Å². The predicted molar refractivity (Wildman–Crippen MR) is 119 cm³/mol. The molecule has 1 N–H and O–H groups in total. The molecule has 0 atom stereocenters. The highest BCUT2D eigenvalue weighted by molar-refractivity contribution is 9.10. The predicted octanol–water partition coefficient (Wildman–Crippen LogP) is 5.88. The molecule has 2 heterocycles. The second-order valence-electron chi connectivity index (χ2n) is 6.76. The van der Waals surface area contributed by atoms with E-state index in [1.165, 1.54) is 5.56 Å². The van der Waals surface area contributed by atoms with Crippen molar-refractivity contribution < 1.29 is 4.79 Å². The molecule has 0 bridgehead atoms. The van der Waals surface area contributed by atoms with Gasteiger partial charge in [0.05, 0.1) is 17.8 Å². The van der Waals surface area contributed by atoms with Crippen molar-refractivity contribution in [2.24, 2.45) is 0 Å². The lowest BCUT2D eigenvalue weighted by molar-refractivity contribution is -0.115. The molecule has 0 aliphatic heterocycles. The summed E-state index contributed by atoms with van der Waals surface area (Å²) in [7, 11) is 0.